The predicted octanol–water partition coefficient (Wildman–Crippen LogP) is 5.31. The van der Waals surface area contributed by atoms with Gasteiger partial charge in [0, 0.05) is 39.3 Å². The van der Waals surface area contributed by atoms with Gasteiger partial charge in [-0.3, -0.25) is 4.79 Å². The minimum absolute atomic E-state index is 0.00220. The molecule has 2 N–H and O–H groups in total. The normalized spacial score (nSPS) is 13.8. The smallest absolute Gasteiger partial charge is 0.444 e. The molecule has 2 aromatic rings. The van der Waals surface area contributed by atoms with Crippen LogP contribution in [0.5, 0.6) is 0 Å². The quantitative estimate of drug-likeness (QED) is 0.325. The summed E-state index contributed by atoms with van der Waals surface area (Å²) in [4.78, 5) is 38.5. The van der Waals surface area contributed by atoms with Gasteiger partial charge in [-0.1, -0.05) is 30.3 Å². The second-order valence-corrected chi connectivity index (χ2v) is 15.3. The number of halogens is 3. The number of nitrogens with zero attached hydrogens (tertiary/aromatic N) is 2. The number of sulfonamides is 1. The number of hydrogen-bond acceptors (Lipinski definition) is 7. The Hall–Kier alpha value is -3.85. The lowest BCUT2D eigenvalue weighted by Gasteiger charge is -2.29. The highest BCUT2D eigenvalue weighted by Gasteiger charge is 2.43. The van der Waals surface area contributed by atoms with Crippen molar-refractivity contribution in [1.82, 2.24) is 19.8 Å². The van der Waals surface area contributed by atoms with Gasteiger partial charge in [0.25, 0.3) is 0 Å². The van der Waals surface area contributed by atoms with Crippen molar-refractivity contribution in [3.63, 3.8) is 0 Å². The standard InChI is InChI=1S/C33H45F3N4O7S/c1-31(2,3)46-29(42)37-21-24-11-9-23(10-12-24)8-7-17-39(30(43)47-32(4,5)6)19-16-38-48(44,45)27-14-13-25-15-18-40(22-26(25)20-27)28(41)33(34,35)36/h9-14,20,38H,7-8,15-19,21-22H2,1-6H3,(H,37,42). The maximum atomic E-state index is 13.1. The van der Waals surface area contributed by atoms with Crippen molar-refractivity contribution in [1.29, 1.82) is 0 Å². The number of carbonyl (C=O) groups excluding carboxylic acids is 3. The van der Waals surface area contributed by atoms with Crippen molar-refractivity contribution in [3.05, 3.63) is 64.7 Å². The molecule has 0 aliphatic carbocycles. The third-order valence-corrected chi connectivity index (χ3v) is 8.57. The van der Waals surface area contributed by atoms with E-state index < -0.39 is 45.5 Å². The number of aryl methyl sites for hydroxylation is 1. The van der Waals surface area contributed by atoms with E-state index in [0.29, 0.717) is 35.4 Å². The number of alkyl carbamates (subject to hydrolysis) is 1. The molecule has 3 amide bonds. The molecule has 11 nitrogen and oxygen atoms in total. The van der Waals surface area contributed by atoms with E-state index in [0.717, 1.165) is 11.1 Å². The summed E-state index contributed by atoms with van der Waals surface area (Å²) < 4.78 is 78.3. The van der Waals surface area contributed by atoms with Crippen molar-refractivity contribution >= 4 is 28.1 Å². The Morgan fingerprint density at radius 3 is 2.10 bits per heavy atom. The number of carbonyl (C=O) groups is 3. The number of ether oxygens (including phenoxy) is 2. The predicted molar refractivity (Wildman–Crippen MR) is 172 cm³/mol. The van der Waals surface area contributed by atoms with Crippen molar-refractivity contribution < 1.29 is 45.4 Å². The van der Waals surface area contributed by atoms with E-state index in [2.05, 4.69) is 10.0 Å². The van der Waals surface area contributed by atoms with Crippen molar-refractivity contribution in [2.75, 3.05) is 26.2 Å². The van der Waals surface area contributed by atoms with Crippen LogP contribution in [-0.4, -0.2) is 79.9 Å². The number of fused-ring (bicyclic) bond motifs is 1. The zero-order valence-corrected chi connectivity index (χ0v) is 29.0. The molecule has 0 aromatic heterocycles. The lowest BCUT2D eigenvalue weighted by atomic mass is 10.00. The molecule has 1 heterocycles. The van der Waals surface area contributed by atoms with Crippen molar-refractivity contribution in [2.24, 2.45) is 0 Å². The molecule has 0 saturated carbocycles. The average Bonchev–Trinajstić information content (AvgIpc) is 2.96. The maximum absolute atomic E-state index is 13.1. The molecule has 0 radical (unpaired) electrons. The number of rotatable bonds is 11. The lowest BCUT2D eigenvalue weighted by molar-refractivity contribution is -0.186. The SMILES string of the molecule is CC(C)(C)OC(=O)NCc1ccc(CCCN(CCNS(=O)(=O)c2ccc3c(c2)CN(C(=O)C(F)(F)F)CC3)C(=O)OC(C)(C)C)cc1. The van der Waals surface area contributed by atoms with Crippen LogP contribution in [-0.2, 0) is 50.2 Å². The summed E-state index contributed by atoms with van der Waals surface area (Å²) >= 11 is 0. The molecule has 0 spiro atoms. The first-order chi connectivity index (χ1) is 22.1. The van der Waals surface area contributed by atoms with E-state index in [4.69, 9.17) is 9.47 Å². The molecule has 3 rings (SSSR count). The number of benzene rings is 2. The van der Waals surface area contributed by atoms with E-state index in [1.165, 1.54) is 23.1 Å². The van der Waals surface area contributed by atoms with Crippen LogP contribution in [0.4, 0.5) is 22.8 Å². The van der Waals surface area contributed by atoms with Crippen LogP contribution in [0, 0.1) is 0 Å². The van der Waals surface area contributed by atoms with Crippen LogP contribution in [0.15, 0.2) is 47.4 Å². The van der Waals surface area contributed by atoms with Crippen LogP contribution in [0.3, 0.4) is 0 Å². The minimum Gasteiger partial charge on any atom is -0.444 e. The fraction of sp³-hybridized carbons (Fsp3) is 0.545. The molecule has 0 fully saturated rings. The van der Waals surface area contributed by atoms with Gasteiger partial charge in [-0.25, -0.2) is 22.7 Å². The molecule has 0 atom stereocenters. The molecule has 0 saturated heterocycles. The third kappa shape index (κ3) is 12.3. The van der Waals surface area contributed by atoms with E-state index in [9.17, 15) is 36.0 Å². The number of hydrogen-bond donors (Lipinski definition) is 2. The first-order valence-corrected chi connectivity index (χ1v) is 17.1. The molecule has 48 heavy (non-hydrogen) atoms. The number of nitrogens with one attached hydrogen (secondary N) is 2. The topological polar surface area (TPSA) is 134 Å². The molecule has 1 aliphatic rings. The second kappa shape index (κ2) is 15.6. The first-order valence-electron chi connectivity index (χ1n) is 15.6. The lowest BCUT2D eigenvalue weighted by Crippen LogP contribution is -2.43. The summed E-state index contributed by atoms with van der Waals surface area (Å²) in [6.07, 6.45) is -4.78. The monoisotopic (exact) mass is 698 g/mol. The van der Waals surface area contributed by atoms with E-state index in [-0.39, 0.29) is 44.0 Å². The number of alkyl halides is 3. The Kier molecular flexibility index (Phi) is 12.5. The van der Waals surface area contributed by atoms with Crippen LogP contribution >= 0.6 is 0 Å². The Balaban J connectivity index is 1.58. The third-order valence-electron chi connectivity index (χ3n) is 7.11. The highest BCUT2D eigenvalue weighted by atomic mass is 32.2. The van der Waals surface area contributed by atoms with Gasteiger partial charge in [-0.05, 0) is 95.2 Å². The van der Waals surface area contributed by atoms with Gasteiger partial charge in [-0.2, -0.15) is 13.2 Å². The Labute approximate surface area is 280 Å². The zero-order valence-electron chi connectivity index (χ0n) is 28.2. The Morgan fingerprint density at radius 2 is 1.50 bits per heavy atom. The van der Waals surface area contributed by atoms with Gasteiger partial charge >= 0.3 is 24.3 Å². The van der Waals surface area contributed by atoms with Gasteiger partial charge in [0.1, 0.15) is 11.2 Å². The fourth-order valence-electron chi connectivity index (χ4n) is 4.86. The summed E-state index contributed by atoms with van der Waals surface area (Å²) in [5.41, 5.74) is 1.52. The molecular weight excluding hydrogens is 653 g/mol. The Bertz CT molecular complexity index is 1550. The molecule has 0 unspecified atom stereocenters. The zero-order chi connectivity index (χ0) is 35.9. The maximum Gasteiger partial charge on any atom is 0.471 e. The molecule has 15 heteroatoms. The van der Waals surface area contributed by atoms with Crippen LogP contribution < -0.4 is 10.0 Å². The number of amides is 3. The summed E-state index contributed by atoms with van der Waals surface area (Å²) in [6.45, 7) is 10.5. The van der Waals surface area contributed by atoms with Crippen LogP contribution in [0.1, 0.15) is 70.2 Å². The molecule has 2 aromatic carbocycles. The van der Waals surface area contributed by atoms with Crippen LogP contribution in [0.25, 0.3) is 0 Å². The van der Waals surface area contributed by atoms with Gasteiger partial charge in [0.05, 0.1) is 4.90 Å². The van der Waals surface area contributed by atoms with Gasteiger partial charge in [0.2, 0.25) is 10.0 Å². The summed E-state index contributed by atoms with van der Waals surface area (Å²) in [7, 11) is -4.09. The average molecular weight is 699 g/mol. The minimum atomic E-state index is -5.02. The summed E-state index contributed by atoms with van der Waals surface area (Å²) in [6, 6.07) is 11.8. The fourth-order valence-corrected chi connectivity index (χ4v) is 5.93. The van der Waals surface area contributed by atoms with E-state index in [1.807, 2.05) is 24.3 Å². The van der Waals surface area contributed by atoms with Gasteiger partial charge in [0.15, 0.2) is 0 Å². The van der Waals surface area contributed by atoms with E-state index in [1.54, 1.807) is 41.5 Å². The van der Waals surface area contributed by atoms with Crippen molar-refractivity contribution in [3.8, 4) is 0 Å². The van der Waals surface area contributed by atoms with Crippen molar-refractivity contribution in [2.45, 2.75) is 96.2 Å². The molecular formula is C33H45F3N4O7S. The van der Waals surface area contributed by atoms with E-state index >= 15 is 0 Å². The highest BCUT2D eigenvalue weighted by Crippen LogP contribution is 2.26. The highest BCUT2D eigenvalue weighted by molar-refractivity contribution is 7.89. The first kappa shape index (κ1) is 38.6. The van der Waals surface area contributed by atoms with Gasteiger partial charge < -0.3 is 24.6 Å². The summed E-state index contributed by atoms with van der Waals surface area (Å²) in [5, 5.41) is 2.71. The molecule has 1 aliphatic heterocycles. The Morgan fingerprint density at radius 1 is 0.875 bits per heavy atom. The molecule has 0 bridgehead atoms. The molecule has 266 valence electrons. The van der Waals surface area contributed by atoms with Gasteiger partial charge in [-0.15, -0.1) is 0 Å². The second-order valence-electron chi connectivity index (χ2n) is 13.5. The summed E-state index contributed by atoms with van der Waals surface area (Å²) in [5.74, 6) is -1.97. The van der Waals surface area contributed by atoms with Crippen LogP contribution in [0.2, 0.25) is 0 Å². The largest absolute Gasteiger partial charge is 0.471 e.